The quantitative estimate of drug-likeness (QED) is 0.170. The van der Waals surface area contributed by atoms with Crippen LogP contribution in [0.1, 0.15) is 49.9 Å². The molecular formula is C62H46N2S. The average molecular weight is 851 g/mol. The van der Waals surface area contributed by atoms with Crippen LogP contribution in [0.4, 0.5) is 34.1 Å². The van der Waals surface area contributed by atoms with Gasteiger partial charge in [0.25, 0.3) is 0 Å². The van der Waals surface area contributed by atoms with Crippen molar-refractivity contribution in [2.45, 2.75) is 38.5 Å². The molecule has 1 aromatic heterocycles. The Morgan fingerprint density at radius 3 is 1.94 bits per heavy atom. The standard InChI is InChI=1S/C62H46N2S/c1-61(2)50-25-11-9-21-46(50)47-35-34-43(38-52(47)61)63(56-29-16-24-49-48-22-10-14-30-57(48)65-60(49)56)55-36-33-40-18-7-8-20-45(40)59(55)64-53-27-13-12-26-51(53)62(3,4)58-44(23-15-28-54(58)64)42-32-31-39-17-5-6-19-41(39)37-42/h5-38H,1-4H3. The van der Waals surface area contributed by atoms with Gasteiger partial charge in [0.2, 0.25) is 0 Å². The number of para-hydroxylation sites is 1. The van der Waals surface area contributed by atoms with Crippen molar-refractivity contribution in [3.63, 3.8) is 0 Å². The summed E-state index contributed by atoms with van der Waals surface area (Å²) in [5, 5.41) is 7.47. The van der Waals surface area contributed by atoms with Crippen LogP contribution in [0.3, 0.4) is 0 Å². The molecule has 0 atom stereocenters. The Balaban J connectivity index is 1.13. The molecule has 65 heavy (non-hydrogen) atoms. The summed E-state index contributed by atoms with van der Waals surface area (Å²) in [7, 11) is 0. The molecule has 0 radical (unpaired) electrons. The first-order chi connectivity index (χ1) is 31.8. The molecule has 1 aliphatic heterocycles. The van der Waals surface area contributed by atoms with Gasteiger partial charge in [-0.2, -0.15) is 0 Å². The molecule has 0 N–H and O–H groups in total. The van der Waals surface area contributed by atoms with E-state index in [4.69, 9.17) is 0 Å². The molecule has 0 saturated carbocycles. The van der Waals surface area contributed by atoms with Crippen molar-refractivity contribution >= 4 is 87.2 Å². The van der Waals surface area contributed by atoms with Crippen LogP contribution in [0.5, 0.6) is 0 Å². The van der Waals surface area contributed by atoms with Gasteiger partial charge in [0, 0.05) is 37.4 Å². The van der Waals surface area contributed by atoms with Gasteiger partial charge in [-0.15, -0.1) is 11.3 Å². The molecule has 11 aromatic rings. The van der Waals surface area contributed by atoms with Crippen LogP contribution in [0.2, 0.25) is 0 Å². The van der Waals surface area contributed by atoms with E-state index >= 15 is 0 Å². The van der Waals surface area contributed by atoms with Crippen LogP contribution < -0.4 is 9.80 Å². The Bertz CT molecular complexity index is 3760. The van der Waals surface area contributed by atoms with Crippen LogP contribution >= 0.6 is 11.3 Å². The van der Waals surface area contributed by atoms with Gasteiger partial charge >= 0.3 is 0 Å². The highest BCUT2D eigenvalue weighted by atomic mass is 32.1. The van der Waals surface area contributed by atoms with Crippen molar-refractivity contribution in [3.8, 4) is 22.3 Å². The molecule has 0 unspecified atom stereocenters. The van der Waals surface area contributed by atoms with Gasteiger partial charge in [-0.25, -0.2) is 0 Å². The minimum Gasteiger partial charge on any atom is -0.307 e. The average Bonchev–Trinajstić information content (AvgIpc) is 3.84. The molecule has 310 valence electrons. The topological polar surface area (TPSA) is 6.48 Å². The zero-order valence-corrected chi connectivity index (χ0v) is 37.7. The third kappa shape index (κ3) is 5.52. The van der Waals surface area contributed by atoms with Gasteiger partial charge < -0.3 is 9.80 Å². The molecule has 0 amide bonds. The summed E-state index contributed by atoms with van der Waals surface area (Å²) >= 11 is 1.89. The minimum atomic E-state index is -0.307. The summed E-state index contributed by atoms with van der Waals surface area (Å²) in [6.45, 7) is 9.59. The van der Waals surface area contributed by atoms with Gasteiger partial charge in [0.05, 0.1) is 33.1 Å². The summed E-state index contributed by atoms with van der Waals surface area (Å²) < 4.78 is 2.57. The minimum absolute atomic E-state index is 0.168. The predicted octanol–water partition coefficient (Wildman–Crippen LogP) is 17.9. The molecule has 2 aliphatic rings. The van der Waals surface area contributed by atoms with E-state index in [-0.39, 0.29) is 10.8 Å². The molecule has 2 heterocycles. The highest BCUT2D eigenvalue weighted by Crippen LogP contribution is 2.59. The maximum absolute atomic E-state index is 2.60. The molecule has 0 bridgehead atoms. The summed E-state index contributed by atoms with van der Waals surface area (Å²) in [4.78, 5) is 5.18. The fourth-order valence-corrected chi connectivity index (χ4v) is 12.7. The lowest BCUT2D eigenvalue weighted by atomic mass is 9.70. The second-order valence-electron chi connectivity index (χ2n) is 18.9. The van der Waals surface area contributed by atoms with E-state index in [0.29, 0.717) is 0 Å². The van der Waals surface area contributed by atoms with E-state index in [1.807, 2.05) is 11.3 Å². The van der Waals surface area contributed by atoms with Gasteiger partial charge in [0.1, 0.15) is 0 Å². The van der Waals surface area contributed by atoms with E-state index in [9.17, 15) is 0 Å². The van der Waals surface area contributed by atoms with Gasteiger partial charge in [-0.3, -0.25) is 0 Å². The van der Waals surface area contributed by atoms with Crippen molar-refractivity contribution in [3.05, 3.63) is 229 Å². The zero-order valence-electron chi connectivity index (χ0n) is 36.9. The molecule has 2 nitrogen and oxygen atoms in total. The largest absolute Gasteiger partial charge is 0.307 e. The molecule has 13 rings (SSSR count). The number of thiophene rings is 1. The van der Waals surface area contributed by atoms with Crippen LogP contribution in [-0.2, 0) is 10.8 Å². The Kier molecular flexibility index (Phi) is 8.20. The van der Waals surface area contributed by atoms with Crippen LogP contribution in [0.15, 0.2) is 206 Å². The smallest absolute Gasteiger partial charge is 0.0781 e. The molecule has 0 spiro atoms. The second kappa shape index (κ2) is 14.0. The van der Waals surface area contributed by atoms with Gasteiger partial charge in [0.15, 0.2) is 0 Å². The van der Waals surface area contributed by atoms with E-state index < -0.39 is 0 Å². The Labute approximate surface area is 384 Å². The number of rotatable bonds is 5. The molecule has 10 aromatic carbocycles. The maximum atomic E-state index is 2.60. The first kappa shape index (κ1) is 38.0. The van der Waals surface area contributed by atoms with E-state index in [1.54, 1.807) is 0 Å². The van der Waals surface area contributed by atoms with Crippen LogP contribution in [0, 0.1) is 0 Å². The second-order valence-corrected chi connectivity index (χ2v) is 19.9. The lowest BCUT2D eigenvalue weighted by Crippen LogP contribution is -2.32. The Morgan fingerprint density at radius 2 is 1.06 bits per heavy atom. The SMILES string of the molecule is CC1(C)c2ccccc2-c2ccc(N(c3ccc4ccccc4c3N3c4ccccc4C(C)(C)c4c(-c5ccc6ccccc6c5)cccc43)c3cccc4c3sc3ccccc34)cc21. The molecule has 0 fully saturated rings. The first-order valence-electron chi connectivity index (χ1n) is 22.8. The summed E-state index contributed by atoms with van der Waals surface area (Å²) in [6.07, 6.45) is 0. The monoisotopic (exact) mass is 850 g/mol. The van der Waals surface area contributed by atoms with Crippen molar-refractivity contribution in [1.82, 2.24) is 0 Å². The lowest BCUT2D eigenvalue weighted by molar-refractivity contribution is 0.634. The number of benzene rings is 10. The summed E-state index contributed by atoms with van der Waals surface area (Å²) in [5.41, 5.74) is 17.0. The number of fused-ring (bicyclic) bond motifs is 10. The van der Waals surface area contributed by atoms with Crippen LogP contribution in [0.25, 0.3) is 64.0 Å². The van der Waals surface area contributed by atoms with Crippen LogP contribution in [-0.4, -0.2) is 0 Å². The highest BCUT2D eigenvalue weighted by Gasteiger charge is 2.41. The Hall–Kier alpha value is -7.46. The van der Waals surface area contributed by atoms with Crippen molar-refractivity contribution in [1.29, 1.82) is 0 Å². The summed E-state index contributed by atoms with van der Waals surface area (Å²) in [5.74, 6) is 0. The predicted molar refractivity (Wildman–Crippen MR) is 279 cm³/mol. The molecule has 3 heteroatoms. The van der Waals surface area contributed by atoms with Crippen molar-refractivity contribution < 1.29 is 0 Å². The molecule has 0 saturated heterocycles. The lowest BCUT2D eigenvalue weighted by Gasteiger charge is -2.44. The van der Waals surface area contributed by atoms with E-state index in [1.165, 1.54) is 103 Å². The molecule has 1 aliphatic carbocycles. The van der Waals surface area contributed by atoms with Gasteiger partial charge in [-0.1, -0.05) is 185 Å². The van der Waals surface area contributed by atoms with E-state index in [2.05, 4.69) is 244 Å². The third-order valence-corrected chi connectivity index (χ3v) is 15.8. The first-order valence-corrected chi connectivity index (χ1v) is 23.6. The van der Waals surface area contributed by atoms with Gasteiger partial charge in [-0.05, 0) is 109 Å². The number of anilines is 6. The third-order valence-electron chi connectivity index (χ3n) is 14.6. The maximum Gasteiger partial charge on any atom is 0.0781 e. The highest BCUT2D eigenvalue weighted by molar-refractivity contribution is 7.26. The number of nitrogens with zero attached hydrogens (tertiary/aromatic N) is 2. The summed E-state index contributed by atoms with van der Waals surface area (Å²) in [6, 6.07) is 77.3. The fourth-order valence-electron chi connectivity index (χ4n) is 11.5. The van der Waals surface area contributed by atoms with E-state index in [0.717, 1.165) is 17.1 Å². The fraction of sp³-hybridized carbons (Fsp3) is 0.0968. The number of hydrogen-bond donors (Lipinski definition) is 0. The van der Waals surface area contributed by atoms with Crippen molar-refractivity contribution in [2.75, 3.05) is 9.80 Å². The van der Waals surface area contributed by atoms with Crippen molar-refractivity contribution in [2.24, 2.45) is 0 Å². The normalized spacial score (nSPS) is 14.4. The Morgan fingerprint density at radius 1 is 0.415 bits per heavy atom. The molecular weight excluding hydrogens is 805 g/mol. The number of hydrogen-bond acceptors (Lipinski definition) is 3. The zero-order chi connectivity index (χ0) is 43.6.